The van der Waals surface area contributed by atoms with Gasteiger partial charge in [-0.15, -0.1) is 0 Å². The fourth-order valence-corrected chi connectivity index (χ4v) is 4.12. The van der Waals surface area contributed by atoms with Crippen LogP contribution in [-0.2, 0) is 17.9 Å². The Labute approximate surface area is 203 Å². The van der Waals surface area contributed by atoms with Gasteiger partial charge in [0.1, 0.15) is 5.82 Å². The molecule has 0 fully saturated rings. The van der Waals surface area contributed by atoms with Crippen molar-refractivity contribution in [3.63, 3.8) is 0 Å². The number of hydrogen-bond donors (Lipinski definition) is 3. The van der Waals surface area contributed by atoms with Gasteiger partial charge in [0.05, 0.1) is 24.7 Å². The molecule has 2 aromatic carbocycles. The Kier molecular flexibility index (Phi) is 6.91. The third-order valence-electron chi connectivity index (χ3n) is 6.03. The summed E-state index contributed by atoms with van der Waals surface area (Å²) in [6, 6.07) is 13.7. The lowest BCUT2D eigenvalue weighted by Gasteiger charge is -2.15. The number of pyridine rings is 2. The van der Waals surface area contributed by atoms with Crippen molar-refractivity contribution < 1.29 is 9.53 Å². The fraction of sp³-hybridized carbons (Fsp3) is 0.185. The molecule has 0 saturated carbocycles. The maximum absolute atomic E-state index is 12.8. The summed E-state index contributed by atoms with van der Waals surface area (Å²) >= 11 is 0. The molecule has 0 unspecified atom stereocenters. The molecule has 0 aliphatic carbocycles. The number of para-hydroxylation sites is 1. The minimum Gasteiger partial charge on any atom is -0.481 e. The number of carbonyl (C=O) groups excluding carboxylic acids is 1. The van der Waals surface area contributed by atoms with Gasteiger partial charge in [0, 0.05) is 41.5 Å². The van der Waals surface area contributed by atoms with Crippen LogP contribution >= 0.6 is 0 Å². The number of amides is 1. The molecule has 5 N–H and O–H groups in total. The zero-order valence-corrected chi connectivity index (χ0v) is 20.0. The minimum atomic E-state index is -0.312. The lowest BCUT2D eigenvalue weighted by molar-refractivity contribution is -0.117. The predicted octanol–water partition coefficient (Wildman–Crippen LogP) is 3.72. The lowest BCUT2D eigenvalue weighted by atomic mass is 9.96. The van der Waals surface area contributed by atoms with E-state index in [1.165, 1.54) is 12.4 Å². The van der Waals surface area contributed by atoms with Gasteiger partial charge in [-0.25, -0.2) is 9.97 Å². The van der Waals surface area contributed by atoms with Crippen molar-refractivity contribution in [2.75, 3.05) is 12.8 Å². The molecule has 0 aliphatic heterocycles. The molecule has 8 heteroatoms. The summed E-state index contributed by atoms with van der Waals surface area (Å²) in [6.07, 6.45) is 4.41. The summed E-state index contributed by atoms with van der Waals surface area (Å²) in [4.78, 5) is 25.9. The predicted molar refractivity (Wildman–Crippen MR) is 140 cm³/mol. The summed E-state index contributed by atoms with van der Waals surface area (Å²) < 4.78 is 5.42. The molecule has 0 saturated heterocycles. The summed E-state index contributed by atoms with van der Waals surface area (Å²) in [5.41, 5.74) is 16.8. The molecule has 0 aliphatic rings. The van der Waals surface area contributed by atoms with Crippen molar-refractivity contribution in [1.29, 1.82) is 0 Å². The van der Waals surface area contributed by atoms with Gasteiger partial charge in [0.2, 0.25) is 5.88 Å². The number of rotatable bonds is 7. The van der Waals surface area contributed by atoms with Gasteiger partial charge in [0.15, 0.2) is 0 Å². The van der Waals surface area contributed by atoms with E-state index in [9.17, 15) is 4.79 Å². The highest BCUT2D eigenvalue weighted by atomic mass is 16.5. The molecule has 35 heavy (non-hydrogen) atoms. The van der Waals surface area contributed by atoms with Gasteiger partial charge in [-0.2, -0.15) is 0 Å². The number of carbonyl (C=O) groups is 1. The molecular formula is C27H28N6O2. The number of methoxy groups -OCH3 is 1. The molecule has 178 valence electrons. The average Bonchev–Trinajstić information content (AvgIpc) is 2.86. The maximum Gasteiger partial charge on any atom is 0.254 e. The Morgan fingerprint density at radius 2 is 1.97 bits per heavy atom. The zero-order valence-electron chi connectivity index (χ0n) is 20.0. The van der Waals surface area contributed by atoms with Gasteiger partial charge < -0.3 is 21.5 Å². The molecular weight excluding hydrogens is 440 g/mol. The van der Waals surface area contributed by atoms with Crippen molar-refractivity contribution in [2.24, 2.45) is 10.7 Å². The van der Waals surface area contributed by atoms with Crippen LogP contribution in [0, 0.1) is 13.8 Å². The smallest absolute Gasteiger partial charge is 0.254 e. The van der Waals surface area contributed by atoms with Gasteiger partial charge >= 0.3 is 0 Å². The first kappa shape index (κ1) is 23.7. The van der Waals surface area contributed by atoms with E-state index in [-0.39, 0.29) is 11.5 Å². The average molecular weight is 469 g/mol. The maximum atomic E-state index is 12.8. The van der Waals surface area contributed by atoms with Crippen LogP contribution in [0.25, 0.3) is 21.7 Å². The second-order valence-electron chi connectivity index (χ2n) is 8.21. The third-order valence-corrected chi connectivity index (χ3v) is 6.03. The second-order valence-corrected chi connectivity index (χ2v) is 8.21. The van der Waals surface area contributed by atoms with Gasteiger partial charge in [-0.05, 0) is 60.2 Å². The van der Waals surface area contributed by atoms with Gasteiger partial charge in [-0.1, -0.05) is 18.2 Å². The Morgan fingerprint density at radius 3 is 2.74 bits per heavy atom. The SMILES string of the molecule is COc1nc2ccccc2cc1CN=C/C(=C\N)C(=O)NCc1c(C)cc2c(N)nccc2c1C. The third kappa shape index (κ3) is 4.91. The minimum absolute atomic E-state index is 0.266. The standard InChI is InChI=1S/C27H28N6O2/c1-16-10-22-21(8-9-31-25(22)29)17(2)23(16)15-32-26(34)20(12-28)14-30-13-19-11-18-6-4-5-7-24(18)33-27(19)35-3/h4-12,14H,13,15,28H2,1-3H3,(H2,29,31)(H,32,34)/b20-12+,30-14?. The summed E-state index contributed by atoms with van der Waals surface area (Å²) in [7, 11) is 1.57. The number of fused-ring (bicyclic) bond motifs is 2. The van der Waals surface area contributed by atoms with Crippen LogP contribution in [0.5, 0.6) is 5.88 Å². The fourth-order valence-electron chi connectivity index (χ4n) is 4.12. The molecule has 0 spiro atoms. The monoisotopic (exact) mass is 468 g/mol. The van der Waals surface area contributed by atoms with Crippen molar-refractivity contribution in [3.8, 4) is 5.88 Å². The van der Waals surface area contributed by atoms with Crippen molar-refractivity contribution in [1.82, 2.24) is 15.3 Å². The van der Waals surface area contributed by atoms with Crippen LogP contribution in [0.4, 0.5) is 5.82 Å². The second kappa shape index (κ2) is 10.2. The quantitative estimate of drug-likeness (QED) is 0.280. The molecule has 2 heterocycles. The summed E-state index contributed by atoms with van der Waals surface area (Å²) in [5.74, 6) is 0.682. The van der Waals surface area contributed by atoms with Crippen LogP contribution in [-0.4, -0.2) is 29.2 Å². The number of nitrogens with zero attached hydrogens (tertiary/aromatic N) is 3. The molecule has 0 bridgehead atoms. The molecule has 8 nitrogen and oxygen atoms in total. The Bertz CT molecular complexity index is 1480. The lowest BCUT2D eigenvalue weighted by Crippen LogP contribution is -2.26. The number of hydrogen-bond acceptors (Lipinski definition) is 7. The number of nitrogen functional groups attached to an aromatic ring is 1. The molecule has 4 rings (SSSR count). The molecule has 2 aromatic heterocycles. The number of nitrogens with one attached hydrogen (secondary N) is 1. The first-order chi connectivity index (χ1) is 16.9. The highest BCUT2D eigenvalue weighted by molar-refractivity contribution is 6.12. The van der Waals surface area contributed by atoms with Crippen molar-refractivity contribution >= 4 is 39.6 Å². The summed E-state index contributed by atoms with van der Waals surface area (Å²) in [6.45, 7) is 4.65. The number of aliphatic imine (C=N–C) groups is 1. The largest absolute Gasteiger partial charge is 0.481 e. The van der Waals surface area contributed by atoms with E-state index in [1.54, 1.807) is 13.3 Å². The topological polar surface area (TPSA) is 129 Å². The van der Waals surface area contributed by atoms with E-state index in [0.717, 1.165) is 43.9 Å². The van der Waals surface area contributed by atoms with E-state index in [0.29, 0.717) is 24.8 Å². The number of anilines is 1. The Hall–Kier alpha value is -4.46. The highest BCUT2D eigenvalue weighted by Crippen LogP contribution is 2.28. The molecule has 0 atom stereocenters. The number of nitrogens with two attached hydrogens (primary N) is 2. The Balaban J connectivity index is 1.47. The van der Waals surface area contributed by atoms with Gasteiger partial charge in [0.25, 0.3) is 5.91 Å². The number of ether oxygens (including phenoxy) is 1. The first-order valence-electron chi connectivity index (χ1n) is 11.2. The van der Waals surface area contributed by atoms with E-state index < -0.39 is 0 Å². The molecule has 4 aromatic rings. The Morgan fingerprint density at radius 1 is 1.17 bits per heavy atom. The van der Waals surface area contributed by atoms with E-state index in [1.807, 2.05) is 56.3 Å². The van der Waals surface area contributed by atoms with Crippen LogP contribution in [0.2, 0.25) is 0 Å². The first-order valence-corrected chi connectivity index (χ1v) is 11.2. The van der Waals surface area contributed by atoms with Crippen molar-refractivity contribution in [3.05, 3.63) is 82.7 Å². The van der Waals surface area contributed by atoms with E-state index >= 15 is 0 Å². The van der Waals surface area contributed by atoms with Gasteiger partial charge in [-0.3, -0.25) is 9.79 Å². The van der Waals surface area contributed by atoms with E-state index in [2.05, 4.69) is 20.3 Å². The van der Waals surface area contributed by atoms with E-state index in [4.69, 9.17) is 16.2 Å². The van der Waals surface area contributed by atoms with Crippen molar-refractivity contribution in [2.45, 2.75) is 26.9 Å². The summed E-state index contributed by atoms with van der Waals surface area (Å²) in [5, 5.41) is 5.86. The number of aryl methyl sites for hydroxylation is 2. The highest BCUT2D eigenvalue weighted by Gasteiger charge is 2.13. The number of aromatic nitrogens is 2. The van der Waals surface area contributed by atoms with Crippen LogP contribution in [0.1, 0.15) is 22.3 Å². The zero-order chi connectivity index (χ0) is 24.9. The molecule has 0 radical (unpaired) electrons. The van der Waals surface area contributed by atoms with Crippen LogP contribution in [0.15, 0.2) is 65.4 Å². The van der Waals surface area contributed by atoms with Crippen LogP contribution in [0.3, 0.4) is 0 Å². The molecule has 1 amide bonds. The number of benzene rings is 2. The normalized spacial score (nSPS) is 11.9. The van der Waals surface area contributed by atoms with Crippen LogP contribution < -0.4 is 21.5 Å².